The van der Waals surface area contributed by atoms with Crippen LogP contribution in [0.1, 0.15) is 30.0 Å². The summed E-state index contributed by atoms with van der Waals surface area (Å²) in [6.07, 6.45) is -4.70. The lowest BCUT2D eigenvalue weighted by molar-refractivity contribution is -0.142. The summed E-state index contributed by atoms with van der Waals surface area (Å²) in [5, 5.41) is 8.00. The molecule has 0 saturated heterocycles. The number of hydrogen-bond donors (Lipinski definition) is 1. The maximum Gasteiger partial charge on any atom is 0.433 e. The first-order chi connectivity index (χ1) is 13.8. The fourth-order valence-corrected chi connectivity index (χ4v) is 3.77. The molecular weight excluding hydrogens is 427 g/mol. The molecule has 0 unspecified atom stereocenters. The Hall–Kier alpha value is -2.17. The number of thiophene rings is 1. The van der Waals surface area contributed by atoms with Gasteiger partial charge in [0, 0.05) is 13.1 Å². The molecule has 6 nitrogen and oxygen atoms in total. The third-order valence-corrected chi connectivity index (χ3v) is 5.66. The molecule has 0 bridgehead atoms. The van der Waals surface area contributed by atoms with Crippen LogP contribution in [0.25, 0.3) is 16.2 Å². The van der Waals surface area contributed by atoms with Crippen molar-refractivity contribution in [1.29, 1.82) is 0 Å². The number of likely N-dealkylation sites (N-methyl/N-ethyl adjacent to an activating group) is 1. The highest BCUT2D eigenvalue weighted by atomic mass is 35.5. The second-order valence-corrected chi connectivity index (χ2v) is 7.51. The zero-order valence-electron chi connectivity index (χ0n) is 15.8. The van der Waals surface area contributed by atoms with Gasteiger partial charge in [-0.1, -0.05) is 31.5 Å². The van der Waals surface area contributed by atoms with Gasteiger partial charge in [0.2, 0.25) is 0 Å². The number of fused-ring (bicyclic) bond motifs is 1. The van der Waals surface area contributed by atoms with Gasteiger partial charge in [0.05, 0.1) is 10.6 Å². The summed E-state index contributed by atoms with van der Waals surface area (Å²) >= 11 is 7.48. The number of aromatic nitrogens is 3. The van der Waals surface area contributed by atoms with Gasteiger partial charge in [0.25, 0.3) is 5.91 Å². The first-order valence-corrected chi connectivity index (χ1v) is 10.2. The van der Waals surface area contributed by atoms with Crippen LogP contribution in [-0.2, 0) is 6.18 Å². The van der Waals surface area contributed by atoms with Gasteiger partial charge in [0.15, 0.2) is 17.0 Å². The number of nitrogens with one attached hydrogen (secondary N) is 1. The van der Waals surface area contributed by atoms with Crippen molar-refractivity contribution in [3.63, 3.8) is 0 Å². The molecule has 3 rings (SSSR count). The monoisotopic (exact) mass is 445 g/mol. The quantitative estimate of drug-likeness (QED) is 0.592. The van der Waals surface area contributed by atoms with Gasteiger partial charge >= 0.3 is 6.18 Å². The van der Waals surface area contributed by atoms with E-state index in [1.807, 2.05) is 13.8 Å². The lowest BCUT2D eigenvalue weighted by Crippen LogP contribution is -2.35. The van der Waals surface area contributed by atoms with Crippen molar-refractivity contribution in [1.82, 2.24) is 24.8 Å². The van der Waals surface area contributed by atoms with Gasteiger partial charge in [-0.2, -0.15) is 18.3 Å². The molecule has 3 aromatic heterocycles. The Labute approximate surface area is 174 Å². The smallest absolute Gasteiger partial charge is 0.349 e. The zero-order valence-corrected chi connectivity index (χ0v) is 17.3. The van der Waals surface area contributed by atoms with Gasteiger partial charge < -0.3 is 10.2 Å². The number of carbonyl (C=O) groups excluding carboxylic acids is 1. The van der Waals surface area contributed by atoms with Crippen LogP contribution < -0.4 is 5.32 Å². The summed E-state index contributed by atoms with van der Waals surface area (Å²) in [7, 11) is 0. The molecule has 156 valence electrons. The normalized spacial score (nSPS) is 12.1. The molecule has 3 heterocycles. The number of carbonyl (C=O) groups is 1. The molecular formula is C18H19ClF3N5OS. The second kappa shape index (κ2) is 8.68. The molecule has 3 aromatic rings. The van der Waals surface area contributed by atoms with Crippen LogP contribution in [0.3, 0.4) is 0 Å². The molecule has 1 N–H and O–H groups in total. The summed E-state index contributed by atoms with van der Waals surface area (Å²) in [6.45, 7) is 6.58. The van der Waals surface area contributed by atoms with Crippen LogP contribution >= 0.6 is 22.9 Å². The average Bonchev–Trinajstić information content (AvgIpc) is 3.32. The van der Waals surface area contributed by atoms with Crippen LogP contribution in [0.15, 0.2) is 23.6 Å². The number of rotatable bonds is 7. The van der Waals surface area contributed by atoms with E-state index < -0.39 is 17.8 Å². The number of amides is 1. The Balaban J connectivity index is 1.98. The van der Waals surface area contributed by atoms with Crippen molar-refractivity contribution in [2.75, 3.05) is 26.2 Å². The number of hydrogen-bond acceptors (Lipinski definition) is 5. The maximum atomic E-state index is 13.6. The van der Waals surface area contributed by atoms with E-state index in [4.69, 9.17) is 11.6 Å². The van der Waals surface area contributed by atoms with Crippen LogP contribution in [0, 0.1) is 0 Å². The Morgan fingerprint density at radius 2 is 2.07 bits per heavy atom. The Bertz CT molecular complexity index is 999. The van der Waals surface area contributed by atoms with Crippen molar-refractivity contribution in [2.45, 2.75) is 20.0 Å². The standard InChI is InChI=1S/C18H19ClF3N5OS/c1-3-26(4-2)8-7-23-17(28)15-14(19)16-24-11(12-6-5-9-29-12)10-13(18(20,21)22)27(16)25-15/h5-6,9-10H,3-4,7-8H2,1-2H3,(H,23,28). The van der Waals surface area contributed by atoms with Crippen molar-refractivity contribution < 1.29 is 18.0 Å². The van der Waals surface area contributed by atoms with Gasteiger partial charge in [-0.3, -0.25) is 4.79 Å². The highest BCUT2D eigenvalue weighted by molar-refractivity contribution is 7.13. The minimum atomic E-state index is -4.70. The fourth-order valence-electron chi connectivity index (χ4n) is 2.84. The third kappa shape index (κ3) is 4.54. The van der Waals surface area contributed by atoms with Gasteiger partial charge in [-0.25, -0.2) is 9.50 Å². The van der Waals surface area contributed by atoms with E-state index in [1.54, 1.807) is 17.5 Å². The molecule has 0 aromatic carbocycles. The summed E-state index contributed by atoms with van der Waals surface area (Å²) in [4.78, 5) is 19.3. The highest BCUT2D eigenvalue weighted by Crippen LogP contribution is 2.35. The molecule has 0 fully saturated rings. The molecule has 0 radical (unpaired) electrons. The van der Waals surface area contributed by atoms with Crippen LogP contribution in [0.4, 0.5) is 13.2 Å². The summed E-state index contributed by atoms with van der Waals surface area (Å²) < 4.78 is 41.4. The fraction of sp³-hybridized carbons (Fsp3) is 0.389. The first kappa shape index (κ1) is 21.5. The molecule has 1 amide bonds. The van der Waals surface area contributed by atoms with E-state index in [2.05, 4.69) is 20.3 Å². The van der Waals surface area contributed by atoms with Gasteiger partial charge in [-0.15, -0.1) is 11.3 Å². The van der Waals surface area contributed by atoms with Crippen molar-refractivity contribution >= 4 is 34.5 Å². The van der Waals surface area contributed by atoms with Crippen molar-refractivity contribution in [3.05, 3.63) is 40.0 Å². The molecule has 29 heavy (non-hydrogen) atoms. The SMILES string of the molecule is CCN(CC)CCNC(=O)c1nn2c(C(F)(F)F)cc(-c3cccs3)nc2c1Cl. The number of halogens is 4. The molecule has 0 spiro atoms. The van der Waals surface area contributed by atoms with Crippen LogP contribution in [0.5, 0.6) is 0 Å². The lowest BCUT2D eigenvalue weighted by atomic mass is 10.2. The minimum absolute atomic E-state index is 0.120. The van der Waals surface area contributed by atoms with Gasteiger partial charge in [-0.05, 0) is 30.6 Å². The zero-order chi connectivity index (χ0) is 21.2. The van der Waals surface area contributed by atoms with E-state index in [-0.39, 0.29) is 22.1 Å². The summed E-state index contributed by atoms with van der Waals surface area (Å²) in [5.41, 5.74) is -1.42. The van der Waals surface area contributed by atoms with Crippen LogP contribution in [0.2, 0.25) is 5.02 Å². The third-order valence-electron chi connectivity index (χ3n) is 4.42. The highest BCUT2D eigenvalue weighted by Gasteiger charge is 2.36. The predicted octanol–water partition coefficient (Wildman–Crippen LogP) is 4.20. The lowest BCUT2D eigenvalue weighted by Gasteiger charge is -2.17. The largest absolute Gasteiger partial charge is 0.433 e. The molecule has 0 aliphatic carbocycles. The predicted molar refractivity (Wildman–Crippen MR) is 106 cm³/mol. The number of nitrogens with zero attached hydrogens (tertiary/aromatic N) is 4. The summed E-state index contributed by atoms with van der Waals surface area (Å²) in [5.74, 6) is -0.640. The molecule has 11 heteroatoms. The molecule has 0 aliphatic heterocycles. The molecule has 0 saturated carbocycles. The van der Waals surface area contributed by atoms with E-state index >= 15 is 0 Å². The molecule has 0 atom stereocenters. The maximum absolute atomic E-state index is 13.6. The first-order valence-electron chi connectivity index (χ1n) is 8.97. The average molecular weight is 446 g/mol. The Morgan fingerprint density at radius 3 is 2.66 bits per heavy atom. The van der Waals surface area contributed by atoms with E-state index in [0.717, 1.165) is 19.2 Å². The van der Waals surface area contributed by atoms with Gasteiger partial charge in [0.1, 0.15) is 5.02 Å². The van der Waals surface area contributed by atoms with E-state index in [9.17, 15) is 18.0 Å². The Morgan fingerprint density at radius 1 is 1.34 bits per heavy atom. The minimum Gasteiger partial charge on any atom is -0.349 e. The van der Waals surface area contributed by atoms with Crippen molar-refractivity contribution in [3.8, 4) is 10.6 Å². The number of alkyl halides is 3. The summed E-state index contributed by atoms with van der Waals surface area (Å²) in [6, 6.07) is 4.28. The van der Waals surface area contributed by atoms with E-state index in [0.29, 0.717) is 22.5 Å². The molecule has 0 aliphatic rings. The Kier molecular flexibility index (Phi) is 6.45. The second-order valence-electron chi connectivity index (χ2n) is 6.18. The van der Waals surface area contributed by atoms with Crippen molar-refractivity contribution in [2.24, 2.45) is 0 Å². The van der Waals surface area contributed by atoms with Crippen LogP contribution in [-0.4, -0.2) is 51.6 Å². The van der Waals surface area contributed by atoms with E-state index in [1.165, 1.54) is 11.3 Å². The topological polar surface area (TPSA) is 62.5 Å².